The zero-order valence-corrected chi connectivity index (χ0v) is 18.3. The number of piperazine rings is 1. The number of hydrogen-bond donors (Lipinski definition) is 3. The molecule has 1 aromatic carbocycles. The number of sulfonamides is 1. The van der Waals surface area contributed by atoms with Gasteiger partial charge in [0.2, 0.25) is 15.9 Å². The Morgan fingerprint density at radius 3 is 2.16 bits per heavy atom. The Kier molecular flexibility index (Phi) is 7.21. The average molecular weight is 471 g/mol. The third kappa shape index (κ3) is 4.79. The fourth-order valence-electron chi connectivity index (χ4n) is 4.03. The highest BCUT2D eigenvalue weighted by atomic mass is 32.2. The van der Waals surface area contributed by atoms with Gasteiger partial charge in [-0.2, -0.15) is 4.31 Å². The molecular formula is C19H26N4O8S. The van der Waals surface area contributed by atoms with Crippen LogP contribution in [0.2, 0.25) is 0 Å². The van der Waals surface area contributed by atoms with Gasteiger partial charge in [-0.25, -0.2) is 18.7 Å². The first-order chi connectivity index (χ1) is 15.2. The Morgan fingerprint density at radius 2 is 1.62 bits per heavy atom. The fraction of sp³-hybridized carbons (Fsp3) is 0.526. The Hall–Kier alpha value is -2.90. The molecule has 3 N–H and O–H groups in total. The molecule has 32 heavy (non-hydrogen) atoms. The second-order valence-electron chi connectivity index (χ2n) is 7.60. The summed E-state index contributed by atoms with van der Waals surface area (Å²) in [7, 11) is -2.62. The molecule has 0 radical (unpaired) electrons. The second-order valence-corrected chi connectivity index (χ2v) is 9.49. The van der Waals surface area contributed by atoms with Crippen LogP contribution in [0.4, 0.5) is 4.79 Å². The van der Waals surface area contributed by atoms with Crippen LogP contribution < -0.4 is 10.2 Å². The van der Waals surface area contributed by atoms with Crippen molar-refractivity contribution in [3.05, 3.63) is 24.3 Å². The lowest BCUT2D eigenvalue weighted by molar-refractivity contribution is -0.141. The van der Waals surface area contributed by atoms with Crippen LogP contribution in [0.15, 0.2) is 29.2 Å². The molecule has 2 fully saturated rings. The molecule has 2 heterocycles. The molecule has 0 saturated carbocycles. The number of carboxylic acid groups (broad SMARTS) is 1. The minimum Gasteiger partial charge on any atom is -0.497 e. The van der Waals surface area contributed by atoms with Crippen LogP contribution in [0.5, 0.6) is 5.75 Å². The summed E-state index contributed by atoms with van der Waals surface area (Å²) in [5, 5.41) is 18.2. The molecule has 13 heteroatoms. The Morgan fingerprint density at radius 1 is 1.03 bits per heavy atom. The third-order valence-corrected chi connectivity index (χ3v) is 7.77. The first-order valence-corrected chi connectivity index (χ1v) is 11.5. The van der Waals surface area contributed by atoms with Crippen LogP contribution in [0.3, 0.4) is 0 Å². The lowest BCUT2D eigenvalue weighted by Crippen LogP contribution is -2.57. The monoisotopic (exact) mass is 470 g/mol. The summed E-state index contributed by atoms with van der Waals surface area (Å²) >= 11 is 0. The molecule has 3 amide bonds. The molecule has 2 saturated heterocycles. The smallest absolute Gasteiger partial charge is 0.407 e. The minimum atomic E-state index is -4.07. The van der Waals surface area contributed by atoms with E-state index >= 15 is 0 Å². The quantitative estimate of drug-likeness (QED) is 0.394. The van der Waals surface area contributed by atoms with E-state index in [9.17, 15) is 28.0 Å². The summed E-state index contributed by atoms with van der Waals surface area (Å²) in [6.45, 7) is 0.745. The predicted octanol–water partition coefficient (Wildman–Crippen LogP) is -0.208. The number of carbonyl (C=O) groups is 3. The molecule has 12 nitrogen and oxygen atoms in total. The van der Waals surface area contributed by atoms with Gasteiger partial charge in [-0.3, -0.25) is 14.8 Å². The fourth-order valence-corrected chi connectivity index (χ4v) is 5.64. The van der Waals surface area contributed by atoms with Crippen molar-refractivity contribution in [2.75, 3.05) is 39.8 Å². The first kappa shape index (κ1) is 23.8. The molecule has 1 aromatic rings. The van der Waals surface area contributed by atoms with Crippen LogP contribution >= 0.6 is 0 Å². The number of nitrogens with zero attached hydrogens (tertiary/aromatic N) is 3. The Bertz CT molecular complexity index is 960. The van der Waals surface area contributed by atoms with E-state index in [1.54, 1.807) is 0 Å². The van der Waals surface area contributed by atoms with Gasteiger partial charge in [-0.15, -0.1) is 0 Å². The van der Waals surface area contributed by atoms with E-state index in [2.05, 4.69) is 0 Å². The number of rotatable bonds is 5. The normalized spacial score (nSPS) is 22.3. The first-order valence-electron chi connectivity index (χ1n) is 10.1. The number of ether oxygens (including phenoxy) is 1. The maximum atomic E-state index is 13.2. The zero-order valence-electron chi connectivity index (χ0n) is 17.5. The summed E-state index contributed by atoms with van der Waals surface area (Å²) in [5.74, 6) is -1.33. The van der Waals surface area contributed by atoms with E-state index in [1.165, 1.54) is 46.7 Å². The largest absolute Gasteiger partial charge is 0.497 e. The number of carbonyl (C=O) groups excluding carboxylic acids is 2. The van der Waals surface area contributed by atoms with E-state index in [0.29, 0.717) is 5.75 Å². The van der Waals surface area contributed by atoms with Crippen molar-refractivity contribution in [2.24, 2.45) is 5.92 Å². The van der Waals surface area contributed by atoms with Crippen molar-refractivity contribution in [1.29, 1.82) is 0 Å². The van der Waals surface area contributed by atoms with Gasteiger partial charge < -0.3 is 19.6 Å². The molecular weight excluding hydrogens is 444 g/mol. The van der Waals surface area contributed by atoms with Gasteiger partial charge in [0.25, 0.3) is 5.91 Å². The molecule has 0 aromatic heterocycles. The number of nitrogens with one attached hydrogen (secondary N) is 1. The van der Waals surface area contributed by atoms with Crippen LogP contribution in [-0.2, 0) is 19.6 Å². The van der Waals surface area contributed by atoms with Crippen molar-refractivity contribution >= 4 is 27.9 Å². The molecule has 2 atom stereocenters. The number of benzene rings is 1. The number of piperidine rings is 1. The average Bonchev–Trinajstić information content (AvgIpc) is 2.82. The Labute approximate surface area is 185 Å². The summed E-state index contributed by atoms with van der Waals surface area (Å²) in [5.41, 5.74) is 1.50. The summed E-state index contributed by atoms with van der Waals surface area (Å²) < 4.78 is 32.4. The lowest BCUT2D eigenvalue weighted by atomic mass is 9.90. The highest BCUT2D eigenvalue weighted by Gasteiger charge is 2.43. The molecule has 176 valence electrons. The molecule has 0 spiro atoms. The maximum absolute atomic E-state index is 13.2. The molecule has 2 aliphatic rings. The van der Waals surface area contributed by atoms with Crippen molar-refractivity contribution < 1.29 is 37.9 Å². The van der Waals surface area contributed by atoms with Crippen LogP contribution in [0.25, 0.3) is 0 Å². The molecule has 2 aliphatic heterocycles. The number of amides is 3. The minimum absolute atomic E-state index is 0.0383. The SMILES string of the molecule is COc1ccc(S(=O)(=O)N2CCC(C(=O)N3CCN(C(=O)O)CC3)CC2C(=O)NO)cc1. The number of hydrogen-bond acceptors (Lipinski definition) is 7. The van der Waals surface area contributed by atoms with Crippen molar-refractivity contribution in [3.8, 4) is 5.75 Å². The Balaban J connectivity index is 1.75. The number of hydroxylamine groups is 1. The summed E-state index contributed by atoms with van der Waals surface area (Å²) in [4.78, 5) is 39.1. The lowest BCUT2D eigenvalue weighted by Gasteiger charge is -2.40. The standard InChI is InChI=1S/C19H26N4O8S/c1-31-14-2-4-15(5-3-14)32(29,30)23-7-6-13(12-16(23)17(24)20-28)18(25)21-8-10-22(11-9-21)19(26)27/h2-5,13,16,28H,6-12H2,1H3,(H,20,24)(H,26,27). The molecule has 0 bridgehead atoms. The van der Waals surface area contributed by atoms with E-state index < -0.39 is 34.0 Å². The van der Waals surface area contributed by atoms with Gasteiger partial charge >= 0.3 is 6.09 Å². The maximum Gasteiger partial charge on any atom is 0.407 e. The highest BCUT2D eigenvalue weighted by Crippen LogP contribution is 2.31. The van der Waals surface area contributed by atoms with E-state index in [1.807, 2.05) is 0 Å². The van der Waals surface area contributed by atoms with Gasteiger partial charge in [-0.05, 0) is 37.1 Å². The van der Waals surface area contributed by atoms with Gasteiger partial charge in [0.15, 0.2) is 0 Å². The third-order valence-electron chi connectivity index (χ3n) is 5.84. The van der Waals surface area contributed by atoms with E-state index in [4.69, 9.17) is 9.84 Å². The van der Waals surface area contributed by atoms with Gasteiger partial charge in [0.1, 0.15) is 11.8 Å². The predicted molar refractivity (Wildman–Crippen MR) is 110 cm³/mol. The van der Waals surface area contributed by atoms with E-state index in [0.717, 1.165) is 4.31 Å². The van der Waals surface area contributed by atoms with Gasteiger partial charge in [0.05, 0.1) is 12.0 Å². The number of methoxy groups -OCH3 is 1. The molecule has 3 rings (SSSR count). The summed E-state index contributed by atoms with van der Waals surface area (Å²) in [6, 6.07) is 4.43. The van der Waals surface area contributed by atoms with Gasteiger partial charge in [-0.1, -0.05) is 0 Å². The van der Waals surface area contributed by atoms with Gasteiger partial charge in [0, 0.05) is 38.6 Å². The highest BCUT2D eigenvalue weighted by molar-refractivity contribution is 7.89. The van der Waals surface area contributed by atoms with Crippen LogP contribution in [-0.4, -0.2) is 96.6 Å². The van der Waals surface area contributed by atoms with Crippen LogP contribution in [0, 0.1) is 5.92 Å². The second kappa shape index (κ2) is 9.71. The van der Waals surface area contributed by atoms with Crippen molar-refractivity contribution in [2.45, 2.75) is 23.8 Å². The molecule has 2 unspecified atom stereocenters. The summed E-state index contributed by atoms with van der Waals surface area (Å²) in [6.07, 6.45) is -0.948. The zero-order chi connectivity index (χ0) is 23.5. The molecule has 0 aliphatic carbocycles. The van der Waals surface area contributed by atoms with Crippen LogP contribution in [0.1, 0.15) is 12.8 Å². The van der Waals surface area contributed by atoms with Crippen molar-refractivity contribution in [3.63, 3.8) is 0 Å². The van der Waals surface area contributed by atoms with E-state index in [-0.39, 0.29) is 56.4 Å². The van der Waals surface area contributed by atoms with Crippen molar-refractivity contribution in [1.82, 2.24) is 19.6 Å². The topological polar surface area (TPSA) is 157 Å².